The fraction of sp³-hybridized carbons (Fsp3) is 0.667. The van der Waals surface area contributed by atoms with Gasteiger partial charge >= 0.3 is 0 Å². The summed E-state index contributed by atoms with van der Waals surface area (Å²) in [4.78, 5) is 0. The van der Waals surface area contributed by atoms with Crippen molar-refractivity contribution in [2.75, 3.05) is 11.6 Å². The molecule has 0 bridgehead atoms. The average Bonchev–Trinajstić information content (AvgIpc) is 1.86. The van der Waals surface area contributed by atoms with E-state index in [0.29, 0.717) is 0 Å². The van der Waals surface area contributed by atoms with Gasteiger partial charge in [-0.05, 0) is 6.42 Å². The number of halogens is 2. The van der Waals surface area contributed by atoms with Crippen LogP contribution in [-0.2, 0) is 9.05 Å². The van der Waals surface area contributed by atoms with Crippen LogP contribution >= 0.6 is 22.3 Å². The number of alkyl halides is 1. The molecule has 0 atom stereocenters. The molecular weight excluding hydrogens is 207 g/mol. The van der Waals surface area contributed by atoms with Crippen molar-refractivity contribution in [1.82, 2.24) is 0 Å². The van der Waals surface area contributed by atoms with Crippen molar-refractivity contribution in [2.45, 2.75) is 13.3 Å². The van der Waals surface area contributed by atoms with Crippen molar-refractivity contribution >= 4 is 31.3 Å². The van der Waals surface area contributed by atoms with Crippen LogP contribution in [0.1, 0.15) is 13.3 Å². The van der Waals surface area contributed by atoms with Gasteiger partial charge < -0.3 is 0 Å². The highest BCUT2D eigenvalue weighted by Gasteiger charge is 1.97. The van der Waals surface area contributed by atoms with Crippen LogP contribution in [0.4, 0.5) is 0 Å². The summed E-state index contributed by atoms with van der Waals surface area (Å²) < 4.78 is 19.9. The fourth-order valence-electron chi connectivity index (χ4n) is 0.141. The van der Waals surface area contributed by atoms with Crippen LogP contribution in [0, 0.1) is 0 Å². The summed E-state index contributed by atoms with van der Waals surface area (Å²) in [5.74, 6) is 0.633. The Morgan fingerprint density at radius 3 is 1.91 bits per heavy atom. The zero-order valence-corrected chi connectivity index (χ0v) is 8.71. The SMILES string of the molecule is C=CCS(=O)(=O)Cl.CCCCl. The smallest absolute Gasteiger partial charge is 0.212 e. The van der Waals surface area contributed by atoms with Crippen LogP contribution in [0.2, 0.25) is 0 Å². The second-order valence-electron chi connectivity index (χ2n) is 1.68. The molecule has 5 heteroatoms. The zero-order chi connectivity index (χ0) is 9.33. The first-order chi connectivity index (χ1) is 4.97. The van der Waals surface area contributed by atoms with E-state index >= 15 is 0 Å². The van der Waals surface area contributed by atoms with Crippen LogP contribution in [0.25, 0.3) is 0 Å². The predicted octanol–water partition coefficient (Wildman–Crippen LogP) is 2.38. The first-order valence-corrected chi connectivity index (χ1v) is 6.08. The normalized spacial score (nSPS) is 9.73. The maximum absolute atomic E-state index is 9.93. The summed E-state index contributed by atoms with van der Waals surface area (Å²) in [6, 6.07) is 0. The second-order valence-corrected chi connectivity index (χ2v) is 4.88. The van der Waals surface area contributed by atoms with Gasteiger partial charge in [-0.2, -0.15) is 0 Å². The van der Waals surface area contributed by atoms with Gasteiger partial charge in [0, 0.05) is 16.6 Å². The minimum absolute atomic E-state index is 0.158. The Kier molecular flexibility index (Phi) is 10.5. The zero-order valence-electron chi connectivity index (χ0n) is 6.39. The third-order valence-electron chi connectivity index (χ3n) is 0.506. The Morgan fingerprint density at radius 1 is 1.55 bits per heavy atom. The Hall–Kier alpha value is 0.270. The van der Waals surface area contributed by atoms with Crippen molar-refractivity contribution in [3.8, 4) is 0 Å². The molecule has 0 saturated heterocycles. The lowest BCUT2D eigenvalue weighted by Gasteiger charge is -1.79. The van der Waals surface area contributed by atoms with Gasteiger partial charge in [-0.1, -0.05) is 13.0 Å². The Bertz CT molecular complexity index is 173. The van der Waals surface area contributed by atoms with Gasteiger partial charge in [-0.15, -0.1) is 18.2 Å². The van der Waals surface area contributed by atoms with Crippen LogP contribution in [0.15, 0.2) is 12.7 Å². The fourth-order valence-corrected chi connectivity index (χ4v) is 0.690. The van der Waals surface area contributed by atoms with Gasteiger partial charge in [0.1, 0.15) is 0 Å². The minimum Gasteiger partial charge on any atom is -0.212 e. The molecule has 0 spiro atoms. The molecular formula is C6H12Cl2O2S. The van der Waals surface area contributed by atoms with E-state index in [1.54, 1.807) is 0 Å². The summed E-state index contributed by atoms with van der Waals surface area (Å²) in [5.41, 5.74) is 0. The van der Waals surface area contributed by atoms with E-state index in [-0.39, 0.29) is 5.75 Å². The van der Waals surface area contributed by atoms with Crippen molar-refractivity contribution in [1.29, 1.82) is 0 Å². The third-order valence-corrected chi connectivity index (χ3v) is 1.90. The molecule has 0 heterocycles. The molecule has 11 heavy (non-hydrogen) atoms. The van der Waals surface area contributed by atoms with Crippen LogP contribution in [0.5, 0.6) is 0 Å². The van der Waals surface area contributed by atoms with E-state index in [2.05, 4.69) is 6.58 Å². The van der Waals surface area contributed by atoms with Gasteiger partial charge in [0.25, 0.3) is 0 Å². The Balaban J connectivity index is 0. The van der Waals surface area contributed by atoms with E-state index in [1.165, 1.54) is 6.08 Å². The first kappa shape index (κ1) is 13.8. The molecule has 0 radical (unpaired) electrons. The van der Waals surface area contributed by atoms with E-state index in [4.69, 9.17) is 22.3 Å². The highest BCUT2D eigenvalue weighted by Crippen LogP contribution is 1.93. The molecule has 0 aromatic heterocycles. The Labute approximate surface area is 77.6 Å². The quantitative estimate of drug-likeness (QED) is 0.415. The Morgan fingerprint density at radius 2 is 1.91 bits per heavy atom. The number of hydrogen-bond acceptors (Lipinski definition) is 2. The largest absolute Gasteiger partial charge is 0.236 e. The lowest BCUT2D eigenvalue weighted by molar-refractivity contribution is 0.612. The van der Waals surface area contributed by atoms with Crippen molar-refractivity contribution in [2.24, 2.45) is 0 Å². The third kappa shape index (κ3) is 25.3. The predicted molar refractivity (Wildman–Crippen MR) is 50.8 cm³/mol. The van der Waals surface area contributed by atoms with Crippen LogP contribution in [0.3, 0.4) is 0 Å². The molecule has 0 saturated carbocycles. The molecule has 0 aliphatic carbocycles. The molecule has 2 nitrogen and oxygen atoms in total. The van der Waals surface area contributed by atoms with E-state index < -0.39 is 9.05 Å². The summed E-state index contributed by atoms with van der Waals surface area (Å²) >= 11 is 5.19. The van der Waals surface area contributed by atoms with E-state index in [1.807, 2.05) is 6.92 Å². The van der Waals surface area contributed by atoms with Gasteiger partial charge in [0.05, 0.1) is 5.75 Å². The monoisotopic (exact) mass is 218 g/mol. The minimum atomic E-state index is -3.32. The van der Waals surface area contributed by atoms with Crippen LogP contribution < -0.4 is 0 Å². The maximum atomic E-state index is 9.93. The highest BCUT2D eigenvalue weighted by atomic mass is 35.7. The molecule has 0 fully saturated rings. The molecule has 0 aliphatic heterocycles. The van der Waals surface area contributed by atoms with Crippen molar-refractivity contribution < 1.29 is 8.42 Å². The average molecular weight is 219 g/mol. The summed E-state index contributed by atoms with van der Waals surface area (Å²) in [5, 5.41) is 0. The van der Waals surface area contributed by atoms with Crippen molar-refractivity contribution in [3.05, 3.63) is 12.7 Å². The summed E-state index contributed by atoms with van der Waals surface area (Å²) in [7, 11) is 1.41. The molecule has 0 aromatic carbocycles. The van der Waals surface area contributed by atoms with Gasteiger partial charge in [-0.25, -0.2) is 8.42 Å². The number of hydrogen-bond donors (Lipinski definition) is 0. The van der Waals surface area contributed by atoms with Gasteiger partial charge in [-0.3, -0.25) is 0 Å². The highest BCUT2D eigenvalue weighted by molar-refractivity contribution is 8.13. The summed E-state index contributed by atoms with van der Waals surface area (Å²) in [6.07, 6.45) is 2.32. The van der Waals surface area contributed by atoms with Gasteiger partial charge in [0.2, 0.25) is 9.05 Å². The number of rotatable bonds is 3. The molecule has 0 rings (SSSR count). The van der Waals surface area contributed by atoms with E-state index in [9.17, 15) is 8.42 Å². The molecule has 0 aliphatic rings. The second kappa shape index (κ2) is 8.37. The first-order valence-electron chi connectivity index (χ1n) is 3.07. The molecule has 0 N–H and O–H groups in total. The molecule has 0 unspecified atom stereocenters. The lowest BCUT2D eigenvalue weighted by atomic mass is 10.6. The van der Waals surface area contributed by atoms with Gasteiger partial charge in [0.15, 0.2) is 0 Å². The summed E-state index contributed by atoms with van der Waals surface area (Å²) in [6.45, 7) is 5.23. The van der Waals surface area contributed by atoms with Crippen LogP contribution in [-0.4, -0.2) is 20.1 Å². The lowest BCUT2D eigenvalue weighted by Crippen LogP contribution is -1.90. The standard InChI is InChI=1S/C3H5ClO2S.C3H7Cl/c1-2-3-7(4,5)6;1-2-3-4/h2H,1,3H2;2-3H2,1H3. The molecule has 0 aromatic rings. The molecule has 0 amide bonds. The molecule has 68 valence electrons. The van der Waals surface area contributed by atoms with E-state index in [0.717, 1.165) is 12.3 Å². The van der Waals surface area contributed by atoms with Crippen molar-refractivity contribution in [3.63, 3.8) is 0 Å². The maximum Gasteiger partial charge on any atom is 0.236 e. The topological polar surface area (TPSA) is 34.1 Å².